The second kappa shape index (κ2) is 7.08. The van der Waals surface area contributed by atoms with Gasteiger partial charge in [0.1, 0.15) is 5.76 Å². The fourth-order valence-electron chi connectivity index (χ4n) is 3.10. The molecular weight excluding hydrogens is 328 g/mol. The summed E-state index contributed by atoms with van der Waals surface area (Å²) >= 11 is 0. The zero-order valence-electron chi connectivity index (χ0n) is 13.7. The Morgan fingerprint density at radius 3 is 1.96 bits per heavy atom. The number of benzene rings is 3. The first kappa shape index (κ1) is 15.9. The van der Waals surface area contributed by atoms with Crippen molar-refractivity contribution in [3.05, 3.63) is 107 Å². The molecule has 0 spiro atoms. The molecule has 3 aromatic carbocycles. The summed E-state index contributed by atoms with van der Waals surface area (Å²) in [5, 5.41) is 0. The van der Waals surface area contributed by atoms with Crippen LogP contribution in [0.5, 0.6) is 0 Å². The summed E-state index contributed by atoms with van der Waals surface area (Å²) in [6, 6.07) is 29.7. The van der Waals surface area contributed by atoms with Crippen molar-refractivity contribution in [2.75, 3.05) is 6.61 Å². The minimum absolute atomic E-state index is 0.00237. The first-order chi connectivity index (χ1) is 12.3. The van der Waals surface area contributed by atoms with Gasteiger partial charge < -0.3 is 4.74 Å². The maximum Gasteiger partial charge on any atom is 0.139 e. The van der Waals surface area contributed by atoms with Crippen molar-refractivity contribution in [3.63, 3.8) is 0 Å². The fourth-order valence-corrected chi connectivity index (χ4v) is 4.57. The van der Waals surface area contributed by atoms with Crippen LogP contribution < -0.4 is 0 Å². The smallest absolute Gasteiger partial charge is 0.139 e. The van der Waals surface area contributed by atoms with E-state index in [1.54, 1.807) is 0 Å². The molecule has 2 unspecified atom stereocenters. The van der Waals surface area contributed by atoms with Crippen LogP contribution in [0.3, 0.4) is 0 Å². The van der Waals surface area contributed by atoms with Gasteiger partial charge in [-0.25, -0.2) is 4.21 Å². The maximum atomic E-state index is 13.4. The maximum absolute atomic E-state index is 13.4. The summed E-state index contributed by atoms with van der Waals surface area (Å²) in [7, 11) is -1.27. The Kier molecular flexibility index (Phi) is 4.49. The van der Waals surface area contributed by atoms with Gasteiger partial charge in [0, 0.05) is 10.5 Å². The lowest BCUT2D eigenvalue weighted by Crippen LogP contribution is -2.07. The lowest BCUT2D eigenvalue weighted by molar-refractivity contribution is 0.294. The van der Waals surface area contributed by atoms with Gasteiger partial charge in [-0.1, -0.05) is 78.9 Å². The summed E-state index contributed by atoms with van der Waals surface area (Å²) < 4.78 is 19.4. The van der Waals surface area contributed by atoms with Crippen molar-refractivity contribution in [3.8, 4) is 0 Å². The Morgan fingerprint density at radius 1 is 0.760 bits per heavy atom. The molecule has 2 atom stereocenters. The number of hydrogen-bond donors (Lipinski definition) is 0. The molecule has 1 heterocycles. The lowest BCUT2D eigenvalue weighted by Gasteiger charge is -2.13. The summed E-state index contributed by atoms with van der Waals surface area (Å²) in [5.74, 6) is 0.745. The van der Waals surface area contributed by atoms with Crippen molar-refractivity contribution in [2.45, 2.75) is 10.8 Å². The van der Waals surface area contributed by atoms with Crippen molar-refractivity contribution in [1.29, 1.82) is 0 Å². The molecule has 1 aliphatic rings. The van der Waals surface area contributed by atoms with Gasteiger partial charge >= 0.3 is 0 Å². The number of ether oxygens (including phenoxy) is 1. The number of hydrogen-bond acceptors (Lipinski definition) is 2. The van der Waals surface area contributed by atoms with Crippen LogP contribution in [0.1, 0.15) is 17.0 Å². The standard InChI is InChI=1S/C22H18O2S/c23-25(19-14-8-3-9-15-19)22-20(17-10-4-1-5-11-17)16-24-21(22)18-12-6-2-7-13-18/h1-15,20H,16H2. The Bertz CT molecular complexity index is 903. The summed E-state index contributed by atoms with van der Waals surface area (Å²) in [6.45, 7) is 0.516. The van der Waals surface area contributed by atoms with Gasteiger partial charge in [0.2, 0.25) is 0 Å². The molecule has 0 aromatic heterocycles. The molecule has 1 aliphatic heterocycles. The molecule has 0 saturated carbocycles. The van der Waals surface area contributed by atoms with E-state index in [9.17, 15) is 4.21 Å². The van der Waals surface area contributed by atoms with Crippen molar-refractivity contribution >= 4 is 16.6 Å². The highest BCUT2D eigenvalue weighted by atomic mass is 32.2. The predicted octanol–water partition coefficient (Wildman–Crippen LogP) is 4.98. The molecule has 0 fully saturated rings. The monoisotopic (exact) mass is 346 g/mol. The molecule has 0 saturated heterocycles. The quantitative estimate of drug-likeness (QED) is 0.666. The molecule has 2 nitrogen and oxygen atoms in total. The Labute approximate surface area is 150 Å². The number of rotatable bonds is 4. The molecule has 0 aliphatic carbocycles. The van der Waals surface area contributed by atoms with Gasteiger partial charge in [-0.3, -0.25) is 0 Å². The van der Waals surface area contributed by atoms with E-state index in [1.165, 1.54) is 0 Å². The average Bonchev–Trinajstić information content (AvgIpc) is 3.14. The minimum atomic E-state index is -1.27. The second-order valence-corrected chi connectivity index (χ2v) is 7.36. The molecule has 4 rings (SSSR count). The van der Waals surface area contributed by atoms with Gasteiger partial charge in [0.25, 0.3) is 0 Å². The highest BCUT2D eigenvalue weighted by molar-refractivity contribution is 7.89. The van der Waals surface area contributed by atoms with Crippen LogP contribution in [-0.4, -0.2) is 10.8 Å². The van der Waals surface area contributed by atoms with E-state index in [-0.39, 0.29) is 5.92 Å². The molecule has 25 heavy (non-hydrogen) atoms. The molecular formula is C22H18O2S. The van der Waals surface area contributed by atoms with Crippen LogP contribution in [0, 0.1) is 0 Å². The Morgan fingerprint density at radius 2 is 1.32 bits per heavy atom. The molecule has 0 N–H and O–H groups in total. The van der Waals surface area contributed by atoms with E-state index < -0.39 is 10.8 Å². The van der Waals surface area contributed by atoms with E-state index in [4.69, 9.17) is 4.74 Å². The zero-order valence-corrected chi connectivity index (χ0v) is 14.5. The van der Waals surface area contributed by atoms with Gasteiger partial charge in [-0.2, -0.15) is 0 Å². The molecule has 3 aromatic rings. The van der Waals surface area contributed by atoms with Gasteiger partial charge in [0.05, 0.1) is 28.2 Å². The van der Waals surface area contributed by atoms with E-state index in [1.807, 2.05) is 78.9 Å². The highest BCUT2D eigenvalue weighted by Gasteiger charge is 2.34. The van der Waals surface area contributed by atoms with Crippen LogP contribution in [0.4, 0.5) is 0 Å². The summed E-state index contributed by atoms with van der Waals surface area (Å²) in [4.78, 5) is 1.65. The molecule has 124 valence electrons. The minimum Gasteiger partial charge on any atom is -0.491 e. The van der Waals surface area contributed by atoms with Crippen LogP contribution in [0.2, 0.25) is 0 Å². The molecule has 0 bridgehead atoms. The first-order valence-corrected chi connectivity index (χ1v) is 9.44. The molecule has 3 heteroatoms. The fraction of sp³-hybridized carbons (Fsp3) is 0.0909. The topological polar surface area (TPSA) is 26.3 Å². The van der Waals surface area contributed by atoms with Gasteiger partial charge in [-0.15, -0.1) is 0 Å². The van der Waals surface area contributed by atoms with E-state index in [2.05, 4.69) is 12.1 Å². The second-order valence-electron chi connectivity index (χ2n) is 5.92. The van der Waals surface area contributed by atoms with E-state index in [0.717, 1.165) is 26.7 Å². The van der Waals surface area contributed by atoms with Crippen LogP contribution in [0.25, 0.3) is 5.76 Å². The molecule has 0 amide bonds. The zero-order chi connectivity index (χ0) is 17.1. The Hall–Kier alpha value is -2.65. The van der Waals surface area contributed by atoms with E-state index in [0.29, 0.717) is 6.61 Å². The van der Waals surface area contributed by atoms with Gasteiger partial charge in [0.15, 0.2) is 0 Å². The normalized spacial score (nSPS) is 18.0. The van der Waals surface area contributed by atoms with Gasteiger partial charge in [-0.05, 0) is 17.7 Å². The van der Waals surface area contributed by atoms with Crippen LogP contribution in [0.15, 0.2) is 101 Å². The van der Waals surface area contributed by atoms with Crippen LogP contribution >= 0.6 is 0 Å². The van der Waals surface area contributed by atoms with Crippen molar-refractivity contribution in [1.82, 2.24) is 0 Å². The van der Waals surface area contributed by atoms with E-state index >= 15 is 0 Å². The molecule has 0 radical (unpaired) electrons. The third-order valence-electron chi connectivity index (χ3n) is 4.33. The average molecular weight is 346 g/mol. The SMILES string of the molecule is O=S(C1=C(c2ccccc2)OCC1c1ccccc1)c1ccccc1. The third kappa shape index (κ3) is 3.15. The summed E-state index contributed by atoms with van der Waals surface area (Å²) in [6.07, 6.45) is 0. The van der Waals surface area contributed by atoms with Crippen molar-refractivity contribution in [2.24, 2.45) is 0 Å². The third-order valence-corrected chi connectivity index (χ3v) is 5.90. The first-order valence-electron chi connectivity index (χ1n) is 8.29. The largest absolute Gasteiger partial charge is 0.491 e. The highest BCUT2D eigenvalue weighted by Crippen LogP contribution is 2.41. The van der Waals surface area contributed by atoms with Crippen molar-refractivity contribution < 1.29 is 8.95 Å². The lowest BCUT2D eigenvalue weighted by atomic mass is 9.99. The predicted molar refractivity (Wildman–Crippen MR) is 101 cm³/mol. The summed E-state index contributed by atoms with van der Waals surface area (Å²) in [5.41, 5.74) is 2.10. The Balaban J connectivity index is 1.85. The van der Waals surface area contributed by atoms with Crippen LogP contribution in [-0.2, 0) is 15.5 Å².